The van der Waals surface area contributed by atoms with Crippen molar-refractivity contribution in [3.05, 3.63) is 35.9 Å². The van der Waals surface area contributed by atoms with E-state index >= 15 is 0 Å². The first kappa shape index (κ1) is 28.8. The fourth-order valence-corrected chi connectivity index (χ4v) is 4.46. The lowest BCUT2D eigenvalue weighted by molar-refractivity contribution is -0.139. The molecule has 10 heteroatoms. The van der Waals surface area contributed by atoms with Gasteiger partial charge in [0.1, 0.15) is 0 Å². The molecule has 2 atom stereocenters. The van der Waals surface area contributed by atoms with E-state index < -0.39 is 11.9 Å². The molecule has 0 spiro atoms. The van der Waals surface area contributed by atoms with Crippen molar-refractivity contribution < 1.29 is 34.1 Å². The highest BCUT2D eigenvalue weighted by Crippen LogP contribution is 2.39. The molecule has 0 radical (unpaired) electrons. The predicted molar refractivity (Wildman–Crippen MR) is 135 cm³/mol. The number of carbonyl (C=O) groups excluding carboxylic acids is 1. The zero-order valence-corrected chi connectivity index (χ0v) is 21.5. The predicted octanol–water partition coefficient (Wildman–Crippen LogP) is 3.11. The zero-order valence-electron chi connectivity index (χ0n) is 21.5. The van der Waals surface area contributed by atoms with Crippen molar-refractivity contribution in [1.29, 1.82) is 0 Å². The van der Waals surface area contributed by atoms with Crippen LogP contribution < -0.4 is 9.47 Å². The lowest BCUT2D eigenvalue weighted by Gasteiger charge is -2.38. The van der Waals surface area contributed by atoms with Gasteiger partial charge in [-0.05, 0) is 64.5 Å². The Labute approximate surface area is 212 Å². The molecule has 1 aliphatic heterocycles. The van der Waals surface area contributed by atoms with Crippen molar-refractivity contribution in [3.8, 4) is 11.5 Å². The Morgan fingerprint density at radius 3 is 2.19 bits per heavy atom. The number of hydrazone groups is 1. The Morgan fingerprint density at radius 1 is 1.03 bits per heavy atom. The van der Waals surface area contributed by atoms with Crippen molar-refractivity contribution in [1.82, 2.24) is 9.91 Å². The number of unbranched alkanes of at least 4 members (excludes halogenated alkanes) is 1. The summed E-state index contributed by atoms with van der Waals surface area (Å²) in [6, 6.07) is 5.95. The molecule has 1 fully saturated rings. The van der Waals surface area contributed by atoms with Gasteiger partial charge in [0.25, 0.3) is 0 Å². The van der Waals surface area contributed by atoms with E-state index in [0.717, 1.165) is 56.3 Å². The number of fused-ring (bicyclic) bond motifs is 1. The van der Waals surface area contributed by atoms with E-state index in [1.165, 1.54) is 0 Å². The Balaban J connectivity index is 0.000000493. The summed E-state index contributed by atoms with van der Waals surface area (Å²) in [5, 5.41) is 22.2. The second-order valence-corrected chi connectivity index (χ2v) is 9.03. The third-order valence-electron chi connectivity index (χ3n) is 6.19. The molecule has 1 aromatic rings. The molecule has 0 aromatic heterocycles. The van der Waals surface area contributed by atoms with Gasteiger partial charge in [-0.1, -0.05) is 12.8 Å². The quantitative estimate of drug-likeness (QED) is 0.368. The number of ether oxygens (including phenoxy) is 2. The van der Waals surface area contributed by atoms with Crippen LogP contribution in [-0.4, -0.2) is 85.1 Å². The summed E-state index contributed by atoms with van der Waals surface area (Å²) in [6.45, 7) is 1.72. The second-order valence-electron chi connectivity index (χ2n) is 9.03. The molecular formula is C26H37N3O7. The topological polar surface area (TPSA) is 129 Å². The smallest absolute Gasteiger partial charge is 0.328 e. The van der Waals surface area contributed by atoms with Gasteiger partial charge in [-0.3, -0.25) is 4.79 Å². The van der Waals surface area contributed by atoms with Gasteiger partial charge in [-0.15, -0.1) is 0 Å². The highest BCUT2D eigenvalue weighted by atomic mass is 16.5. The number of carboxylic acids is 2. The molecule has 198 valence electrons. The molecule has 2 N–H and O–H groups in total. The summed E-state index contributed by atoms with van der Waals surface area (Å²) in [7, 11) is 7.44. The molecule has 1 aliphatic carbocycles. The van der Waals surface area contributed by atoms with Crippen molar-refractivity contribution in [2.24, 2.45) is 16.9 Å². The highest BCUT2D eigenvalue weighted by Gasteiger charge is 2.41. The summed E-state index contributed by atoms with van der Waals surface area (Å²) >= 11 is 0. The molecule has 1 heterocycles. The number of hydrogen-bond donors (Lipinski definition) is 2. The van der Waals surface area contributed by atoms with E-state index in [1.807, 2.05) is 18.2 Å². The first-order valence-corrected chi connectivity index (χ1v) is 12.1. The maximum absolute atomic E-state index is 13.1. The summed E-state index contributed by atoms with van der Waals surface area (Å²) in [5.41, 5.74) is 2.05. The minimum absolute atomic E-state index is 0.0585. The van der Waals surface area contributed by atoms with Gasteiger partial charge in [0.15, 0.2) is 11.5 Å². The van der Waals surface area contributed by atoms with Gasteiger partial charge in [-0.2, -0.15) is 5.10 Å². The molecule has 1 amide bonds. The third-order valence-corrected chi connectivity index (χ3v) is 6.19. The Kier molecular flexibility index (Phi) is 11.4. The zero-order chi connectivity index (χ0) is 26.7. The van der Waals surface area contributed by atoms with Crippen molar-refractivity contribution in [2.75, 3.05) is 41.4 Å². The standard InChI is InChI=1S/C22H33N3O3.C4H4O4/c1-24(2)13-7-8-14-25-22(26)18-10-6-5-9-17(18)21(23-25)16-11-12-19(27-3)20(15-16)28-4;5-3(6)1-2-4(7)8/h11-12,15,17-18H,5-10,13-14H2,1-4H3;1-2H,(H,5,6)(H,7,8)/b;2-1+/t17-,18+;/m0./s1. The van der Waals surface area contributed by atoms with Crippen molar-refractivity contribution in [2.45, 2.75) is 38.5 Å². The number of methoxy groups -OCH3 is 2. The van der Waals surface area contributed by atoms with Crippen LogP contribution in [0.15, 0.2) is 35.5 Å². The van der Waals surface area contributed by atoms with E-state index in [0.29, 0.717) is 30.2 Å². The van der Waals surface area contributed by atoms with Crippen LogP contribution in [0.1, 0.15) is 44.1 Å². The van der Waals surface area contributed by atoms with Crippen molar-refractivity contribution in [3.63, 3.8) is 0 Å². The van der Waals surface area contributed by atoms with Crippen LogP contribution in [0.3, 0.4) is 0 Å². The van der Waals surface area contributed by atoms with Crippen LogP contribution >= 0.6 is 0 Å². The third kappa shape index (κ3) is 8.37. The number of hydrogen-bond acceptors (Lipinski definition) is 7. The number of carbonyl (C=O) groups is 3. The molecule has 36 heavy (non-hydrogen) atoms. The first-order valence-electron chi connectivity index (χ1n) is 12.1. The normalized spacial score (nSPS) is 19.3. The Hall–Kier alpha value is -3.40. The SMILES string of the molecule is COc1ccc(C2=NN(CCCCN(C)C)C(=O)[C@@H]3CCCC[C@H]23)cc1OC.O=C(O)/C=C/C(=O)O. The van der Waals surface area contributed by atoms with Gasteiger partial charge >= 0.3 is 11.9 Å². The average Bonchev–Trinajstić information content (AvgIpc) is 2.86. The minimum atomic E-state index is -1.26. The van der Waals surface area contributed by atoms with Crippen LogP contribution in [0, 0.1) is 11.8 Å². The maximum Gasteiger partial charge on any atom is 0.328 e. The van der Waals surface area contributed by atoms with Gasteiger partial charge in [0.2, 0.25) is 5.91 Å². The average molecular weight is 504 g/mol. The summed E-state index contributed by atoms with van der Waals surface area (Å²) in [5.74, 6) is -0.636. The van der Waals surface area contributed by atoms with Crippen LogP contribution in [0.2, 0.25) is 0 Å². The van der Waals surface area contributed by atoms with E-state index in [9.17, 15) is 14.4 Å². The number of benzene rings is 1. The first-order chi connectivity index (χ1) is 17.2. The summed E-state index contributed by atoms with van der Waals surface area (Å²) < 4.78 is 10.9. The summed E-state index contributed by atoms with van der Waals surface area (Å²) in [6.07, 6.45) is 7.41. The number of rotatable bonds is 10. The molecule has 1 aromatic carbocycles. The largest absolute Gasteiger partial charge is 0.493 e. The highest BCUT2D eigenvalue weighted by molar-refractivity contribution is 6.07. The number of amides is 1. The molecular weight excluding hydrogens is 466 g/mol. The van der Waals surface area contributed by atoms with Crippen LogP contribution in [0.4, 0.5) is 0 Å². The molecule has 3 rings (SSSR count). The van der Waals surface area contributed by atoms with Gasteiger partial charge in [0, 0.05) is 36.1 Å². The number of nitrogens with zero attached hydrogens (tertiary/aromatic N) is 3. The molecule has 0 bridgehead atoms. The molecule has 10 nitrogen and oxygen atoms in total. The van der Waals surface area contributed by atoms with E-state index in [1.54, 1.807) is 19.2 Å². The lowest BCUT2D eigenvalue weighted by Crippen LogP contribution is -2.46. The molecule has 1 saturated carbocycles. The van der Waals surface area contributed by atoms with E-state index in [4.69, 9.17) is 24.8 Å². The van der Waals surface area contributed by atoms with Crippen LogP contribution in [0.25, 0.3) is 0 Å². The number of aliphatic carboxylic acids is 2. The van der Waals surface area contributed by atoms with Crippen LogP contribution in [-0.2, 0) is 14.4 Å². The van der Waals surface area contributed by atoms with Gasteiger partial charge in [0.05, 0.1) is 19.9 Å². The number of carboxylic acid groups (broad SMARTS) is 2. The van der Waals surface area contributed by atoms with Gasteiger partial charge < -0.3 is 24.6 Å². The molecule has 0 unspecified atom stereocenters. The van der Waals surface area contributed by atoms with Crippen molar-refractivity contribution >= 4 is 23.6 Å². The maximum atomic E-state index is 13.1. The molecule has 2 aliphatic rings. The lowest BCUT2D eigenvalue weighted by atomic mass is 9.73. The fourth-order valence-electron chi connectivity index (χ4n) is 4.46. The fraction of sp³-hybridized carbons (Fsp3) is 0.538. The monoisotopic (exact) mass is 503 g/mol. The Bertz CT molecular complexity index is 958. The second kappa shape index (κ2) is 14.2. The molecule has 0 saturated heterocycles. The van der Waals surface area contributed by atoms with Gasteiger partial charge in [-0.25, -0.2) is 14.6 Å². The summed E-state index contributed by atoms with van der Waals surface area (Å²) in [4.78, 5) is 34.3. The minimum Gasteiger partial charge on any atom is -0.493 e. The van der Waals surface area contributed by atoms with E-state index in [-0.39, 0.29) is 17.7 Å². The Morgan fingerprint density at radius 2 is 1.64 bits per heavy atom. The van der Waals surface area contributed by atoms with Crippen LogP contribution in [0.5, 0.6) is 11.5 Å². The van der Waals surface area contributed by atoms with E-state index in [2.05, 4.69) is 19.0 Å².